The summed E-state index contributed by atoms with van der Waals surface area (Å²) in [5.74, 6) is -1.60. The number of aliphatic hydroxyl groups is 1. The van der Waals surface area contributed by atoms with Crippen LogP contribution in [0.4, 0.5) is 0 Å². The Hall–Kier alpha value is -3.86. The number of carbonyl (C=O) groups excluding carboxylic acids is 3. The number of hydrogen-bond donors (Lipinski definition) is 2. The summed E-state index contributed by atoms with van der Waals surface area (Å²) in [5.41, 5.74) is 0. The minimum absolute atomic E-state index is 0.0370. The number of esters is 3. The van der Waals surface area contributed by atoms with E-state index in [0.29, 0.717) is 25.7 Å². The fraction of sp³-hybridized carbons (Fsp3) is 0.682. The van der Waals surface area contributed by atoms with Crippen LogP contribution in [0.3, 0.4) is 0 Å². The zero-order valence-corrected chi connectivity index (χ0v) is 50.2. The quantitative estimate of drug-likeness (QED) is 0.0197. The molecule has 0 radical (unpaired) electrons. The van der Waals surface area contributed by atoms with E-state index in [2.05, 4.69) is 118 Å². The Morgan fingerprint density at radius 2 is 0.692 bits per heavy atom. The number of carbonyl (C=O) groups is 3. The molecule has 0 saturated carbocycles. The average molecular weight is 1110 g/mol. The molecule has 12 heteroatoms. The van der Waals surface area contributed by atoms with Crippen LogP contribution in [0.2, 0.25) is 0 Å². The zero-order chi connectivity index (χ0) is 56.9. The van der Waals surface area contributed by atoms with Crippen molar-refractivity contribution in [1.82, 2.24) is 0 Å². The molecule has 0 heterocycles. The molecule has 11 nitrogen and oxygen atoms in total. The van der Waals surface area contributed by atoms with Gasteiger partial charge in [-0.15, -0.1) is 0 Å². The number of hydrogen-bond acceptors (Lipinski definition) is 10. The highest BCUT2D eigenvalue weighted by molar-refractivity contribution is 7.47. The van der Waals surface area contributed by atoms with E-state index < -0.39 is 57.8 Å². The van der Waals surface area contributed by atoms with E-state index in [1.54, 1.807) is 0 Å². The molecule has 0 fully saturated rings. The summed E-state index contributed by atoms with van der Waals surface area (Å²) >= 11 is 0. The second-order valence-corrected chi connectivity index (χ2v) is 21.6. The maximum absolute atomic E-state index is 12.9. The number of rotatable bonds is 56. The van der Waals surface area contributed by atoms with Gasteiger partial charge in [0.05, 0.1) is 19.8 Å². The van der Waals surface area contributed by atoms with Gasteiger partial charge in [0.15, 0.2) is 6.10 Å². The molecule has 78 heavy (non-hydrogen) atoms. The van der Waals surface area contributed by atoms with Gasteiger partial charge < -0.3 is 24.2 Å². The van der Waals surface area contributed by atoms with Gasteiger partial charge in [0.1, 0.15) is 12.7 Å². The predicted octanol–water partition coefficient (Wildman–Crippen LogP) is 18.6. The maximum atomic E-state index is 12.9. The van der Waals surface area contributed by atoms with Crippen LogP contribution in [0.5, 0.6) is 0 Å². The molecule has 2 N–H and O–H groups in total. The summed E-state index contributed by atoms with van der Waals surface area (Å²) in [5, 5.41) is 9.82. The molecule has 0 aromatic carbocycles. The maximum Gasteiger partial charge on any atom is 0.472 e. The number of phosphoric ester groups is 1. The smallest absolute Gasteiger partial charge is 0.462 e. The Morgan fingerprint density at radius 3 is 1.10 bits per heavy atom. The number of unbranched alkanes of at least 4 members (excludes halogenated alkanes) is 21. The van der Waals surface area contributed by atoms with Gasteiger partial charge >= 0.3 is 25.7 Å². The lowest BCUT2D eigenvalue weighted by molar-refractivity contribution is -0.161. The van der Waals surface area contributed by atoms with Crippen molar-refractivity contribution in [2.75, 3.05) is 26.4 Å². The summed E-state index contributed by atoms with van der Waals surface area (Å²) in [7, 11) is -4.78. The molecule has 0 aromatic heterocycles. The van der Waals surface area contributed by atoms with Crippen molar-refractivity contribution in [3.8, 4) is 0 Å². The number of aliphatic hydroxyl groups excluding tert-OH is 1. The van der Waals surface area contributed by atoms with Gasteiger partial charge in [0.2, 0.25) is 0 Å². The Kier molecular flexibility index (Phi) is 56.3. The van der Waals surface area contributed by atoms with Gasteiger partial charge in [-0.3, -0.25) is 23.4 Å². The lowest BCUT2D eigenvalue weighted by Crippen LogP contribution is -2.30. The van der Waals surface area contributed by atoms with Gasteiger partial charge in [0.25, 0.3) is 0 Å². The minimum atomic E-state index is -4.78. The first-order valence-corrected chi connectivity index (χ1v) is 32.3. The largest absolute Gasteiger partial charge is 0.472 e. The van der Waals surface area contributed by atoms with E-state index in [9.17, 15) is 28.9 Å². The van der Waals surface area contributed by atoms with Gasteiger partial charge in [-0.05, 0) is 89.9 Å². The van der Waals surface area contributed by atoms with Crippen LogP contribution in [0.15, 0.2) is 109 Å². The van der Waals surface area contributed by atoms with Crippen molar-refractivity contribution in [3.05, 3.63) is 109 Å². The summed E-state index contributed by atoms with van der Waals surface area (Å²) in [4.78, 5) is 48.6. The van der Waals surface area contributed by atoms with Gasteiger partial charge in [0, 0.05) is 19.3 Å². The predicted molar refractivity (Wildman–Crippen MR) is 325 cm³/mol. The van der Waals surface area contributed by atoms with Crippen LogP contribution >= 0.6 is 7.82 Å². The zero-order valence-electron chi connectivity index (χ0n) is 49.3. The highest BCUT2D eigenvalue weighted by atomic mass is 31.2. The molecule has 0 spiro atoms. The Bertz CT molecular complexity index is 1720. The van der Waals surface area contributed by atoms with Crippen molar-refractivity contribution in [2.24, 2.45) is 0 Å². The Labute approximate surface area is 475 Å². The summed E-state index contributed by atoms with van der Waals surface area (Å²) in [6, 6.07) is 0. The molecule has 0 aliphatic rings. The first kappa shape index (κ1) is 74.1. The third-order valence-electron chi connectivity index (χ3n) is 12.7. The van der Waals surface area contributed by atoms with Gasteiger partial charge in [-0.25, -0.2) is 4.57 Å². The van der Waals surface area contributed by atoms with Crippen molar-refractivity contribution in [3.63, 3.8) is 0 Å². The average Bonchev–Trinajstić information content (AvgIpc) is 3.43. The summed E-state index contributed by atoms with van der Waals surface area (Å²) in [6.07, 6.45) is 72.1. The molecule has 0 aliphatic heterocycles. The second kappa shape index (κ2) is 59.3. The molecule has 446 valence electrons. The van der Waals surface area contributed by atoms with Crippen LogP contribution in [-0.2, 0) is 42.2 Å². The summed E-state index contributed by atoms with van der Waals surface area (Å²) < 4.78 is 39.5. The first-order valence-electron chi connectivity index (χ1n) is 30.8. The van der Waals surface area contributed by atoms with E-state index in [-0.39, 0.29) is 25.9 Å². The normalized spacial score (nSPS) is 14.1. The molecular formula is C66H111O11P. The second-order valence-electron chi connectivity index (χ2n) is 20.1. The Balaban J connectivity index is 4.83. The molecule has 0 aliphatic carbocycles. The molecule has 3 atom stereocenters. The standard InChI is InChI=1S/C66H111O11P/c1-4-7-10-13-16-19-22-25-27-29-31-33-35-38-40-43-46-49-52-55-64(68)73-59-63(77-66(70)57-54-51-48-45-42-39-36-34-32-30-28-26-23-20-17-14-11-8-5-2)61-75-78(71,72)74-60-62(58-67)76-65(69)56-53-50-47-44-41-37-24-21-18-15-12-9-6-3/h8-9,11-12,17-18,20-21,26,28,32,34,37,39,41-42,48,51,62-63,67H,4-7,10,13-16,19,22-25,27,29-31,33,35-36,38,40,43-47,49-50,52-61H2,1-3H3,(H,71,72)/b11-8-,12-9-,20-17-,21-18-,28-26-,34-32-,41-37-,42-39-,51-48-. The third-order valence-corrected chi connectivity index (χ3v) is 13.7. The molecule has 0 aromatic rings. The topological polar surface area (TPSA) is 155 Å². The lowest BCUT2D eigenvalue weighted by Gasteiger charge is -2.21. The van der Waals surface area contributed by atoms with Crippen LogP contribution < -0.4 is 0 Å². The Morgan fingerprint density at radius 1 is 0.372 bits per heavy atom. The van der Waals surface area contributed by atoms with E-state index in [1.165, 1.54) is 96.3 Å². The molecule has 0 bridgehead atoms. The van der Waals surface area contributed by atoms with Crippen LogP contribution in [0, 0.1) is 0 Å². The number of allylic oxidation sites excluding steroid dienone is 18. The lowest BCUT2D eigenvalue weighted by atomic mass is 10.0. The minimum Gasteiger partial charge on any atom is -0.462 e. The van der Waals surface area contributed by atoms with Gasteiger partial charge in [-0.1, -0.05) is 252 Å². The molecule has 0 saturated heterocycles. The highest BCUT2D eigenvalue weighted by Gasteiger charge is 2.28. The number of phosphoric acid groups is 1. The molecule has 0 amide bonds. The summed E-state index contributed by atoms with van der Waals surface area (Å²) in [6.45, 7) is 4.32. The highest BCUT2D eigenvalue weighted by Crippen LogP contribution is 2.43. The van der Waals surface area contributed by atoms with Crippen molar-refractivity contribution < 1.29 is 52.2 Å². The van der Waals surface area contributed by atoms with E-state index >= 15 is 0 Å². The van der Waals surface area contributed by atoms with E-state index in [1.807, 2.05) is 12.2 Å². The van der Waals surface area contributed by atoms with Crippen LogP contribution in [0.25, 0.3) is 0 Å². The molecule has 0 rings (SSSR count). The van der Waals surface area contributed by atoms with Crippen LogP contribution in [-0.4, -0.2) is 66.5 Å². The van der Waals surface area contributed by atoms with Crippen LogP contribution in [0.1, 0.15) is 252 Å². The number of ether oxygens (including phenoxy) is 3. The molecular weight excluding hydrogens is 1000 g/mol. The van der Waals surface area contributed by atoms with E-state index in [0.717, 1.165) is 89.9 Å². The molecule has 3 unspecified atom stereocenters. The van der Waals surface area contributed by atoms with Crippen molar-refractivity contribution in [2.45, 2.75) is 264 Å². The first-order chi connectivity index (χ1) is 38.2. The van der Waals surface area contributed by atoms with E-state index in [4.69, 9.17) is 23.3 Å². The fourth-order valence-electron chi connectivity index (χ4n) is 8.10. The van der Waals surface area contributed by atoms with Crippen molar-refractivity contribution >= 4 is 25.7 Å². The van der Waals surface area contributed by atoms with Crippen molar-refractivity contribution in [1.29, 1.82) is 0 Å². The monoisotopic (exact) mass is 1110 g/mol. The fourth-order valence-corrected chi connectivity index (χ4v) is 8.89. The SMILES string of the molecule is CC/C=C\C/C=C\C/C=C\C/C=C\C/C=C\C/C=C\CCC(=O)OC(COC(=O)CCCCCCCCCCCCCCCCCCCCC)COP(=O)(O)OCC(CO)OC(=O)CCCCC/C=C\C/C=C\C/C=C\CC. The third kappa shape index (κ3) is 56.8. The van der Waals surface area contributed by atoms with Gasteiger partial charge in [-0.2, -0.15) is 0 Å².